The third kappa shape index (κ3) is 3.94. The SMILES string of the molecule is CC(C)(C)OC(=O)Nc1cc(Br)ccc1C1CNC1. The molecule has 0 bridgehead atoms. The molecule has 1 heterocycles. The Kier molecular flexibility index (Phi) is 4.16. The van der Waals surface area contributed by atoms with Crippen molar-refractivity contribution in [2.45, 2.75) is 32.3 Å². The predicted octanol–water partition coefficient (Wildman–Crippen LogP) is 3.48. The number of benzene rings is 1. The first kappa shape index (κ1) is 14.3. The van der Waals surface area contributed by atoms with Crippen LogP contribution in [0.2, 0.25) is 0 Å². The van der Waals surface area contributed by atoms with E-state index in [1.807, 2.05) is 39.0 Å². The zero-order chi connectivity index (χ0) is 14.0. The van der Waals surface area contributed by atoms with E-state index in [1.54, 1.807) is 0 Å². The number of rotatable bonds is 2. The predicted molar refractivity (Wildman–Crippen MR) is 79.6 cm³/mol. The maximum absolute atomic E-state index is 11.9. The van der Waals surface area contributed by atoms with E-state index < -0.39 is 11.7 Å². The number of nitrogens with one attached hydrogen (secondary N) is 2. The molecule has 2 rings (SSSR count). The van der Waals surface area contributed by atoms with E-state index in [-0.39, 0.29) is 0 Å². The second-order valence-corrected chi connectivity index (χ2v) is 6.63. The van der Waals surface area contributed by atoms with Crippen LogP contribution < -0.4 is 10.6 Å². The lowest BCUT2D eigenvalue weighted by Gasteiger charge is -2.29. The van der Waals surface area contributed by atoms with Gasteiger partial charge in [0.15, 0.2) is 0 Å². The number of halogens is 1. The van der Waals surface area contributed by atoms with Crippen molar-refractivity contribution in [1.82, 2.24) is 5.32 Å². The van der Waals surface area contributed by atoms with Gasteiger partial charge in [0.05, 0.1) is 0 Å². The number of hydrogen-bond acceptors (Lipinski definition) is 3. The second-order valence-electron chi connectivity index (χ2n) is 5.71. The molecule has 4 nitrogen and oxygen atoms in total. The number of carbonyl (C=O) groups excluding carboxylic acids is 1. The highest BCUT2D eigenvalue weighted by molar-refractivity contribution is 9.10. The summed E-state index contributed by atoms with van der Waals surface area (Å²) in [7, 11) is 0. The van der Waals surface area contributed by atoms with E-state index in [2.05, 4.69) is 26.6 Å². The minimum atomic E-state index is -0.492. The molecule has 19 heavy (non-hydrogen) atoms. The first-order valence-electron chi connectivity index (χ1n) is 6.35. The molecule has 0 spiro atoms. The van der Waals surface area contributed by atoms with Crippen LogP contribution in [0.5, 0.6) is 0 Å². The third-order valence-electron chi connectivity index (χ3n) is 2.87. The van der Waals surface area contributed by atoms with E-state index in [9.17, 15) is 4.79 Å². The van der Waals surface area contributed by atoms with E-state index in [4.69, 9.17) is 4.74 Å². The van der Waals surface area contributed by atoms with Crippen LogP contribution >= 0.6 is 15.9 Å². The van der Waals surface area contributed by atoms with Crippen molar-refractivity contribution in [2.75, 3.05) is 18.4 Å². The standard InChI is InChI=1S/C14H19BrN2O2/c1-14(2,3)19-13(18)17-12-6-10(15)4-5-11(12)9-7-16-8-9/h4-6,9,16H,7-8H2,1-3H3,(H,17,18). The molecule has 2 N–H and O–H groups in total. The Morgan fingerprint density at radius 2 is 2.11 bits per heavy atom. The molecular formula is C14H19BrN2O2. The summed E-state index contributed by atoms with van der Waals surface area (Å²) in [6.45, 7) is 7.45. The molecule has 1 aromatic carbocycles. The first-order valence-corrected chi connectivity index (χ1v) is 7.14. The highest BCUT2D eigenvalue weighted by Gasteiger charge is 2.23. The molecule has 0 atom stereocenters. The summed E-state index contributed by atoms with van der Waals surface area (Å²) in [5.74, 6) is 0.457. The molecule has 0 radical (unpaired) electrons. The molecular weight excluding hydrogens is 308 g/mol. The van der Waals surface area contributed by atoms with Gasteiger partial charge in [-0.2, -0.15) is 0 Å². The maximum atomic E-state index is 11.9. The Morgan fingerprint density at radius 3 is 2.63 bits per heavy atom. The van der Waals surface area contributed by atoms with Crippen molar-refractivity contribution in [3.05, 3.63) is 28.2 Å². The van der Waals surface area contributed by atoms with Gasteiger partial charge < -0.3 is 10.1 Å². The minimum Gasteiger partial charge on any atom is -0.444 e. The van der Waals surface area contributed by atoms with Crippen molar-refractivity contribution < 1.29 is 9.53 Å². The van der Waals surface area contributed by atoms with Crippen LogP contribution in [0.4, 0.5) is 10.5 Å². The van der Waals surface area contributed by atoms with E-state index in [0.29, 0.717) is 5.92 Å². The highest BCUT2D eigenvalue weighted by Crippen LogP contribution is 2.30. The fourth-order valence-corrected chi connectivity index (χ4v) is 2.28. The molecule has 0 aliphatic carbocycles. The van der Waals surface area contributed by atoms with Gasteiger partial charge in [-0.05, 0) is 38.5 Å². The Labute approximate surface area is 122 Å². The Hall–Kier alpha value is -1.07. The fourth-order valence-electron chi connectivity index (χ4n) is 1.91. The summed E-state index contributed by atoms with van der Waals surface area (Å²) >= 11 is 3.43. The lowest BCUT2D eigenvalue weighted by Crippen LogP contribution is -2.40. The van der Waals surface area contributed by atoms with Crippen LogP contribution in [0.1, 0.15) is 32.3 Å². The fraction of sp³-hybridized carbons (Fsp3) is 0.500. The summed E-state index contributed by atoms with van der Waals surface area (Å²) < 4.78 is 6.23. The summed E-state index contributed by atoms with van der Waals surface area (Å²) in [4.78, 5) is 11.9. The van der Waals surface area contributed by atoms with Gasteiger partial charge in [0.25, 0.3) is 0 Å². The van der Waals surface area contributed by atoms with Crippen LogP contribution in [0.3, 0.4) is 0 Å². The molecule has 1 amide bonds. The van der Waals surface area contributed by atoms with Crippen LogP contribution in [0, 0.1) is 0 Å². The van der Waals surface area contributed by atoms with E-state index >= 15 is 0 Å². The van der Waals surface area contributed by atoms with E-state index in [1.165, 1.54) is 0 Å². The molecule has 1 aromatic rings. The maximum Gasteiger partial charge on any atom is 0.412 e. The van der Waals surface area contributed by atoms with Gasteiger partial charge in [0, 0.05) is 29.2 Å². The van der Waals surface area contributed by atoms with Gasteiger partial charge in [0.1, 0.15) is 5.60 Å². The van der Waals surface area contributed by atoms with Gasteiger partial charge in [-0.25, -0.2) is 4.79 Å². The Bertz CT molecular complexity index is 479. The van der Waals surface area contributed by atoms with Gasteiger partial charge in [-0.3, -0.25) is 5.32 Å². The summed E-state index contributed by atoms with van der Waals surface area (Å²) in [6, 6.07) is 5.95. The van der Waals surface area contributed by atoms with Crippen LogP contribution in [0.25, 0.3) is 0 Å². The molecule has 1 aliphatic heterocycles. The molecule has 1 aliphatic rings. The van der Waals surface area contributed by atoms with Crippen molar-refractivity contribution in [3.8, 4) is 0 Å². The zero-order valence-electron chi connectivity index (χ0n) is 11.4. The molecule has 1 saturated heterocycles. The topological polar surface area (TPSA) is 50.4 Å². The smallest absolute Gasteiger partial charge is 0.412 e. The number of carbonyl (C=O) groups is 1. The van der Waals surface area contributed by atoms with Gasteiger partial charge in [0.2, 0.25) is 0 Å². The average Bonchev–Trinajstić information content (AvgIpc) is 2.16. The van der Waals surface area contributed by atoms with Gasteiger partial charge >= 0.3 is 6.09 Å². The quantitative estimate of drug-likeness (QED) is 0.874. The van der Waals surface area contributed by atoms with Crippen LogP contribution in [-0.2, 0) is 4.74 Å². The number of ether oxygens (including phenoxy) is 1. The van der Waals surface area contributed by atoms with Crippen molar-refractivity contribution >= 4 is 27.7 Å². The lowest BCUT2D eigenvalue weighted by atomic mass is 9.92. The largest absolute Gasteiger partial charge is 0.444 e. The summed E-state index contributed by atoms with van der Waals surface area (Å²) in [5.41, 5.74) is 1.47. The minimum absolute atomic E-state index is 0.417. The molecule has 0 unspecified atom stereocenters. The molecule has 0 aromatic heterocycles. The highest BCUT2D eigenvalue weighted by atomic mass is 79.9. The van der Waals surface area contributed by atoms with Crippen molar-refractivity contribution in [3.63, 3.8) is 0 Å². The number of anilines is 1. The van der Waals surface area contributed by atoms with Crippen molar-refractivity contribution in [1.29, 1.82) is 0 Å². The Balaban J connectivity index is 2.14. The average molecular weight is 327 g/mol. The second kappa shape index (κ2) is 5.51. The molecule has 0 saturated carbocycles. The summed E-state index contributed by atoms with van der Waals surface area (Å²) in [5, 5.41) is 6.08. The normalized spacial score (nSPS) is 15.8. The lowest BCUT2D eigenvalue weighted by molar-refractivity contribution is 0.0635. The van der Waals surface area contributed by atoms with Gasteiger partial charge in [-0.1, -0.05) is 22.0 Å². The first-order chi connectivity index (χ1) is 8.85. The molecule has 1 fully saturated rings. The van der Waals surface area contributed by atoms with E-state index in [0.717, 1.165) is 28.8 Å². The monoisotopic (exact) mass is 326 g/mol. The molecule has 5 heteroatoms. The third-order valence-corrected chi connectivity index (χ3v) is 3.37. The van der Waals surface area contributed by atoms with Crippen LogP contribution in [-0.4, -0.2) is 24.8 Å². The van der Waals surface area contributed by atoms with Crippen molar-refractivity contribution in [2.24, 2.45) is 0 Å². The number of amides is 1. The number of hydrogen-bond donors (Lipinski definition) is 2. The van der Waals surface area contributed by atoms with Crippen LogP contribution in [0.15, 0.2) is 22.7 Å². The van der Waals surface area contributed by atoms with Gasteiger partial charge in [-0.15, -0.1) is 0 Å². The Morgan fingerprint density at radius 1 is 1.42 bits per heavy atom. The molecule has 104 valence electrons. The zero-order valence-corrected chi connectivity index (χ0v) is 13.0. The summed E-state index contributed by atoms with van der Waals surface area (Å²) in [6.07, 6.45) is -0.417.